The minimum Gasteiger partial charge on any atom is -0.356 e. The molecule has 0 radical (unpaired) electrons. The highest BCUT2D eigenvalue weighted by Gasteiger charge is 2.30. The van der Waals surface area contributed by atoms with Gasteiger partial charge >= 0.3 is 0 Å². The lowest BCUT2D eigenvalue weighted by atomic mass is 9.90. The normalized spacial score (nSPS) is 20.4. The molecule has 0 bridgehead atoms. The van der Waals surface area contributed by atoms with Crippen LogP contribution in [0.2, 0.25) is 0 Å². The Morgan fingerprint density at radius 3 is 2.62 bits per heavy atom. The molecule has 1 aliphatic carbocycles. The Morgan fingerprint density at radius 1 is 1.21 bits per heavy atom. The number of aromatic nitrogens is 3. The summed E-state index contributed by atoms with van der Waals surface area (Å²) in [7, 11) is 0. The van der Waals surface area contributed by atoms with Gasteiger partial charge in [0, 0.05) is 37.2 Å². The number of hydrogen-bond donors (Lipinski definition) is 0. The van der Waals surface area contributed by atoms with Gasteiger partial charge in [-0.2, -0.15) is 0 Å². The molecule has 0 saturated carbocycles. The number of likely N-dealkylation sites (tertiary alicyclic amines) is 1. The molecule has 1 amide bonds. The third-order valence-electron chi connectivity index (χ3n) is 6.07. The van der Waals surface area contributed by atoms with Crippen molar-refractivity contribution in [2.24, 2.45) is 5.92 Å². The van der Waals surface area contributed by atoms with E-state index >= 15 is 0 Å². The van der Waals surface area contributed by atoms with Crippen LogP contribution in [0.5, 0.6) is 0 Å². The summed E-state index contributed by atoms with van der Waals surface area (Å²) in [5.41, 5.74) is 2.77. The van der Waals surface area contributed by atoms with Crippen molar-refractivity contribution in [1.82, 2.24) is 20.0 Å². The van der Waals surface area contributed by atoms with Crippen molar-refractivity contribution < 1.29 is 9.32 Å². The monoisotopic (exact) mass is 394 g/mol. The molecule has 1 aliphatic heterocycles. The molecule has 6 heteroatoms. The van der Waals surface area contributed by atoms with Crippen molar-refractivity contribution in [2.75, 3.05) is 13.1 Å². The minimum atomic E-state index is 0.171. The zero-order chi connectivity index (χ0) is 20.4. The van der Waals surface area contributed by atoms with Gasteiger partial charge in [0.1, 0.15) is 5.82 Å². The van der Waals surface area contributed by atoms with E-state index in [0.29, 0.717) is 11.8 Å². The first-order valence-electron chi connectivity index (χ1n) is 10.8. The summed E-state index contributed by atoms with van der Waals surface area (Å²) < 4.78 is 5.45. The summed E-state index contributed by atoms with van der Waals surface area (Å²) in [6, 6.07) is 1.93. The lowest BCUT2D eigenvalue weighted by Gasteiger charge is -2.34. The molecular formula is C23H30N4O2. The van der Waals surface area contributed by atoms with E-state index in [1.165, 1.54) is 0 Å². The molecule has 6 nitrogen and oxygen atoms in total. The number of carbonyl (C=O) groups is 1. The van der Waals surface area contributed by atoms with Crippen LogP contribution < -0.4 is 0 Å². The molecule has 2 aromatic rings. The predicted molar refractivity (Wildman–Crippen MR) is 111 cm³/mol. The number of rotatable bonds is 4. The van der Waals surface area contributed by atoms with Crippen LogP contribution in [0.15, 0.2) is 28.9 Å². The maximum absolute atomic E-state index is 12.8. The molecule has 29 heavy (non-hydrogen) atoms. The highest BCUT2D eigenvalue weighted by atomic mass is 16.5. The van der Waals surface area contributed by atoms with Crippen molar-refractivity contribution >= 4 is 5.91 Å². The van der Waals surface area contributed by atoms with Gasteiger partial charge in [-0.1, -0.05) is 31.2 Å². The van der Waals surface area contributed by atoms with Gasteiger partial charge in [-0.15, -0.1) is 0 Å². The van der Waals surface area contributed by atoms with Gasteiger partial charge in [0.15, 0.2) is 5.76 Å². The van der Waals surface area contributed by atoms with Crippen LogP contribution in [0.4, 0.5) is 0 Å². The maximum atomic E-state index is 12.8. The number of hydrogen-bond acceptors (Lipinski definition) is 5. The van der Waals surface area contributed by atoms with Crippen LogP contribution in [-0.4, -0.2) is 39.0 Å². The fourth-order valence-electron chi connectivity index (χ4n) is 4.36. The molecule has 2 aliphatic rings. The minimum absolute atomic E-state index is 0.171. The second-order valence-electron chi connectivity index (χ2n) is 8.60. The molecule has 0 spiro atoms. The number of aryl methyl sites for hydroxylation is 1. The molecule has 1 atom stereocenters. The highest BCUT2D eigenvalue weighted by Crippen LogP contribution is 2.32. The third-order valence-corrected chi connectivity index (χ3v) is 6.07. The van der Waals surface area contributed by atoms with Gasteiger partial charge < -0.3 is 9.42 Å². The Bertz CT molecular complexity index is 894. The van der Waals surface area contributed by atoms with E-state index in [2.05, 4.69) is 41.0 Å². The number of carbonyl (C=O) groups excluding carboxylic acids is 1. The van der Waals surface area contributed by atoms with Crippen molar-refractivity contribution in [2.45, 2.75) is 64.7 Å². The maximum Gasteiger partial charge on any atom is 0.226 e. The highest BCUT2D eigenvalue weighted by molar-refractivity contribution is 5.79. The zero-order valence-electron chi connectivity index (χ0n) is 17.6. The molecule has 1 fully saturated rings. The van der Waals surface area contributed by atoms with E-state index in [0.717, 1.165) is 73.7 Å². The fourth-order valence-corrected chi connectivity index (χ4v) is 4.36. The Kier molecular flexibility index (Phi) is 5.79. The quantitative estimate of drug-likeness (QED) is 0.707. The van der Waals surface area contributed by atoms with Gasteiger partial charge in [0.25, 0.3) is 0 Å². The molecule has 3 heterocycles. The number of piperidine rings is 1. The van der Waals surface area contributed by atoms with Crippen molar-refractivity contribution in [3.8, 4) is 11.3 Å². The summed E-state index contributed by atoms with van der Waals surface area (Å²) in [4.78, 5) is 24.4. The average molecular weight is 395 g/mol. The van der Waals surface area contributed by atoms with E-state index in [9.17, 15) is 4.79 Å². The number of allylic oxidation sites excluding steroid dienone is 2. The van der Waals surface area contributed by atoms with Crippen LogP contribution in [0.25, 0.3) is 11.3 Å². The van der Waals surface area contributed by atoms with Gasteiger partial charge in [-0.25, -0.2) is 9.97 Å². The van der Waals surface area contributed by atoms with Crippen LogP contribution in [0.1, 0.15) is 75.0 Å². The Hall–Kier alpha value is -2.50. The molecule has 0 aromatic carbocycles. The van der Waals surface area contributed by atoms with Gasteiger partial charge in [0.05, 0.1) is 17.0 Å². The summed E-state index contributed by atoms with van der Waals surface area (Å²) >= 11 is 0. The Morgan fingerprint density at radius 2 is 2.00 bits per heavy atom. The molecule has 154 valence electrons. The zero-order valence-corrected chi connectivity index (χ0v) is 17.6. The van der Waals surface area contributed by atoms with Gasteiger partial charge in [0.2, 0.25) is 5.91 Å². The van der Waals surface area contributed by atoms with E-state index in [4.69, 9.17) is 9.51 Å². The van der Waals surface area contributed by atoms with Crippen molar-refractivity contribution in [1.29, 1.82) is 0 Å². The van der Waals surface area contributed by atoms with Crippen LogP contribution in [0, 0.1) is 12.8 Å². The molecule has 1 unspecified atom stereocenters. The third kappa shape index (κ3) is 4.26. The number of amides is 1. The summed E-state index contributed by atoms with van der Waals surface area (Å²) in [5.74, 6) is 2.67. The fraction of sp³-hybridized carbons (Fsp3) is 0.565. The largest absolute Gasteiger partial charge is 0.356 e. The smallest absolute Gasteiger partial charge is 0.226 e. The van der Waals surface area contributed by atoms with Gasteiger partial charge in [-0.3, -0.25) is 4.79 Å². The van der Waals surface area contributed by atoms with E-state index in [-0.39, 0.29) is 11.8 Å². The van der Waals surface area contributed by atoms with E-state index < -0.39 is 0 Å². The Labute approximate surface area is 172 Å². The van der Waals surface area contributed by atoms with Crippen LogP contribution >= 0.6 is 0 Å². The second kappa shape index (κ2) is 8.47. The van der Waals surface area contributed by atoms with E-state index in [1.54, 1.807) is 0 Å². The molecule has 2 aromatic heterocycles. The Balaban J connectivity index is 1.46. The summed E-state index contributed by atoms with van der Waals surface area (Å²) in [6.45, 7) is 7.79. The topological polar surface area (TPSA) is 72.1 Å². The predicted octanol–water partition coefficient (Wildman–Crippen LogP) is 4.63. The number of nitrogens with zero attached hydrogens (tertiary/aromatic N) is 4. The summed E-state index contributed by atoms with van der Waals surface area (Å²) in [6.07, 6.45) is 11.0. The lowest BCUT2D eigenvalue weighted by Crippen LogP contribution is -2.41. The van der Waals surface area contributed by atoms with Crippen LogP contribution in [0.3, 0.4) is 0 Å². The first kappa shape index (κ1) is 19.8. The molecule has 1 saturated heterocycles. The van der Waals surface area contributed by atoms with E-state index in [1.807, 2.05) is 19.2 Å². The van der Waals surface area contributed by atoms with Crippen LogP contribution in [-0.2, 0) is 4.79 Å². The van der Waals surface area contributed by atoms with Crippen molar-refractivity contribution in [3.05, 3.63) is 41.6 Å². The standard InChI is InChI=1S/C23H30N4O2/c1-15(2)21-19(20-13-16(3)26-29-20)14-24-22(25-21)17-9-11-27(12-10-17)23(28)18-7-5-4-6-8-18/h4-5,13-15,17-18H,6-12H2,1-3H3. The first-order valence-corrected chi connectivity index (χ1v) is 10.8. The molecule has 4 rings (SSSR count). The SMILES string of the molecule is Cc1cc(-c2cnc(C3CCN(C(=O)C4CC=CCC4)CC3)nc2C(C)C)on1. The molecule has 0 N–H and O–H groups in total. The summed E-state index contributed by atoms with van der Waals surface area (Å²) in [5, 5.41) is 4.00. The van der Waals surface area contributed by atoms with Gasteiger partial charge in [-0.05, 0) is 44.9 Å². The van der Waals surface area contributed by atoms with Crippen molar-refractivity contribution in [3.63, 3.8) is 0 Å². The lowest BCUT2D eigenvalue weighted by molar-refractivity contribution is -0.136. The first-order chi connectivity index (χ1) is 14.0. The molecular weight excluding hydrogens is 364 g/mol. The average Bonchev–Trinajstić information content (AvgIpc) is 3.19. The second-order valence-corrected chi connectivity index (χ2v) is 8.60.